The Morgan fingerprint density at radius 1 is 1.07 bits per heavy atom. The van der Waals surface area contributed by atoms with E-state index in [-0.39, 0.29) is 17.4 Å². The molecule has 7 heteroatoms. The fourth-order valence-electron chi connectivity index (χ4n) is 2.92. The maximum absolute atomic E-state index is 13.0. The van der Waals surface area contributed by atoms with Crippen molar-refractivity contribution >= 4 is 17.7 Å². The molecule has 1 amide bonds. The topological polar surface area (TPSA) is 88.7 Å². The van der Waals surface area contributed by atoms with Gasteiger partial charge in [0.2, 0.25) is 0 Å². The van der Waals surface area contributed by atoms with Crippen LogP contribution in [0.4, 0.5) is 0 Å². The van der Waals surface area contributed by atoms with Gasteiger partial charge in [-0.15, -0.1) is 0 Å². The number of aromatic amines is 1. The number of Topliss-reactive ketones (excluding diaryl/α,β-unsaturated/α-hetero) is 1. The van der Waals surface area contributed by atoms with E-state index in [1.165, 1.54) is 12.0 Å². The highest BCUT2D eigenvalue weighted by molar-refractivity contribution is 6.07. The zero-order valence-electron chi connectivity index (χ0n) is 16.4. The molecule has 2 aromatic rings. The van der Waals surface area contributed by atoms with E-state index in [9.17, 15) is 14.4 Å². The van der Waals surface area contributed by atoms with Gasteiger partial charge in [0, 0.05) is 23.9 Å². The molecule has 1 aromatic heterocycles. The van der Waals surface area contributed by atoms with Gasteiger partial charge in [-0.3, -0.25) is 9.59 Å². The summed E-state index contributed by atoms with van der Waals surface area (Å²) in [5.74, 6) is -0.421. The number of ether oxygens (including phenoxy) is 2. The summed E-state index contributed by atoms with van der Waals surface area (Å²) >= 11 is 0. The minimum Gasteiger partial charge on any atom is -0.497 e. The summed E-state index contributed by atoms with van der Waals surface area (Å²) < 4.78 is 9.82. The second-order valence-corrected chi connectivity index (χ2v) is 6.30. The Hall–Kier alpha value is -3.09. The third-order valence-electron chi connectivity index (χ3n) is 4.69. The molecule has 0 aliphatic carbocycles. The lowest BCUT2D eigenvalue weighted by Crippen LogP contribution is -2.40. The van der Waals surface area contributed by atoms with Crippen LogP contribution in [0.15, 0.2) is 24.3 Å². The Labute approximate surface area is 158 Å². The molecule has 1 unspecified atom stereocenters. The van der Waals surface area contributed by atoms with Gasteiger partial charge in [0.25, 0.3) is 5.91 Å². The number of likely N-dealkylation sites (N-methyl/N-ethyl adjacent to an activating group) is 1. The van der Waals surface area contributed by atoms with Crippen molar-refractivity contribution in [3.63, 3.8) is 0 Å². The number of hydrogen-bond acceptors (Lipinski definition) is 5. The molecule has 0 saturated heterocycles. The van der Waals surface area contributed by atoms with Gasteiger partial charge < -0.3 is 19.4 Å². The number of carbonyl (C=O) groups excluding carboxylic acids is 3. The second kappa shape index (κ2) is 8.07. The lowest BCUT2D eigenvalue weighted by Gasteiger charge is -2.24. The summed E-state index contributed by atoms with van der Waals surface area (Å²) in [6, 6.07) is 5.97. The van der Waals surface area contributed by atoms with Crippen molar-refractivity contribution in [3.8, 4) is 5.75 Å². The number of benzene rings is 1. The highest BCUT2D eigenvalue weighted by Gasteiger charge is 2.29. The predicted molar refractivity (Wildman–Crippen MR) is 100 cm³/mol. The fourth-order valence-corrected chi connectivity index (χ4v) is 2.92. The molecule has 1 heterocycles. The number of nitrogens with zero attached hydrogens (tertiary/aromatic N) is 1. The van der Waals surface area contributed by atoms with Gasteiger partial charge in [-0.2, -0.15) is 0 Å². The molecule has 0 saturated carbocycles. The van der Waals surface area contributed by atoms with Crippen LogP contribution in [0.1, 0.15) is 49.4 Å². The Balaban J connectivity index is 2.27. The van der Waals surface area contributed by atoms with E-state index < -0.39 is 12.0 Å². The number of esters is 1. The summed E-state index contributed by atoms with van der Waals surface area (Å²) in [6.07, 6.45) is 0. The van der Waals surface area contributed by atoms with E-state index in [4.69, 9.17) is 9.47 Å². The van der Waals surface area contributed by atoms with Crippen molar-refractivity contribution in [2.75, 3.05) is 21.3 Å². The van der Waals surface area contributed by atoms with Gasteiger partial charge in [-0.05, 0) is 50.6 Å². The SMILES string of the molecule is COC(=O)c1[nH]c(C)c(C(=O)C(C)N(C)C(=O)c2ccc(OC)cc2)c1C. The van der Waals surface area contributed by atoms with Gasteiger partial charge in [0.05, 0.1) is 20.3 Å². The molecule has 0 fully saturated rings. The predicted octanol–water partition coefficient (Wildman–Crippen LogP) is 2.77. The van der Waals surface area contributed by atoms with Crippen molar-refractivity contribution in [2.24, 2.45) is 0 Å². The minimum atomic E-state index is -0.710. The molecule has 0 spiro atoms. The molecular formula is C20H24N2O5. The van der Waals surface area contributed by atoms with Crippen molar-refractivity contribution in [1.82, 2.24) is 9.88 Å². The van der Waals surface area contributed by atoms with Crippen molar-refractivity contribution in [3.05, 3.63) is 52.3 Å². The number of hydrogen-bond donors (Lipinski definition) is 1. The summed E-state index contributed by atoms with van der Waals surface area (Å²) in [5.41, 5.74) is 2.18. The summed E-state index contributed by atoms with van der Waals surface area (Å²) in [4.78, 5) is 41.8. The number of carbonyl (C=O) groups is 3. The zero-order chi connectivity index (χ0) is 20.3. The van der Waals surface area contributed by atoms with E-state index in [1.807, 2.05) is 0 Å². The van der Waals surface area contributed by atoms with Gasteiger partial charge in [0.1, 0.15) is 11.4 Å². The molecule has 0 aliphatic heterocycles. The first-order valence-corrected chi connectivity index (χ1v) is 8.45. The Morgan fingerprint density at radius 3 is 2.19 bits per heavy atom. The molecule has 0 aliphatic rings. The molecule has 2 rings (SSSR count). The Morgan fingerprint density at radius 2 is 1.67 bits per heavy atom. The number of ketones is 1. The number of aromatic nitrogens is 1. The van der Waals surface area contributed by atoms with Crippen molar-refractivity contribution < 1.29 is 23.9 Å². The van der Waals surface area contributed by atoms with Gasteiger partial charge >= 0.3 is 5.97 Å². The smallest absolute Gasteiger partial charge is 0.354 e. The van der Waals surface area contributed by atoms with Crippen LogP contribution in [-0.2, 0) is 4.74 Å². The molecule has 1 atom stereocenters. The van der Waals surface area contributed by atoms with Crippen LogP contribution in [0.2, 0.25) is 0 Å². The maximum atomic E-state index is 13.0. The number of H-pyrrole nitrogens is 1. The monoisotopic (exact) mass is 372 g/mol. The first kappa shape index (κ1) is 20.2. The molecule has 144 valence electrons. The van der Waals surface area contributed by atoms with Crippen LogP contribution in [-0.4, -0.2) is 54.9 Å². The standard InChI is InChI=1S/C20H24N2O5/c1-11-16(12(2)21-17(11)20(25)27-6)18(23)13(3)22(4)19(24)14-7-9-15(26-5)10-8-14/h7-10,13,21H,1-6H3. The van der Waals surface area contributed by atoms with E-state index >= 15 is 0 Å². The highest BCUT2D eigenvalue weighted by atomic mass is 16.5. The quantitative estimate of drug-likeness (QED) is 0.622. The minimum absolute atomic E-state index is 0.245. The van der Waals surface area contributed by atoms with Gasteiger partial charge in [-0.1, -0.05) is 0 Å². The van der Waals surface area contributed by atoms with E-state index in [0.29, 0.717) is 28.1 Å². The normalized spacial score (nSPS) is 11.6. The third kappa shape index (κ3) is 3.86. The van der Waals surface area contributed by atoms with Crippen molar-refractivity contribution in [1.29, 1.82) is 0 Å². The van der Waals surface area contributed by atoms with Gasteiger partial charge in [-0.25, -0.2) is 4.79 Å². The lowest BCUT2D eigenvalue weighted by atomic mass is 9.99. The lowest BCUT2D eigenvalue weighted by molar-refractivity contribution is 0.0593. The number of rotatable bonds is 6. The number of methoxy groups -OCH3 is 2. The van der Waals surface area contributed by atoms with Crippen LogP contribution in [0.25, 0.3) is 0 Å². The first-order valence-electron chi connectivity index (χ1n) is 8.45. The molecule has 0 bridgehead atoms. The molecular weight excluding hydrogens is 348 g/mol. The third-order valence-corrected chi connectivity index (χ3v) is 4.69. The number of amides is 1. The van der Waals surface area contributed by atoms with Crippen LogP contribution in [0.5, 0.6) is 5.75 Å². The van der Waals surface area contributed by atoms with E-state index in [2.05, 4.69) is 4.98 Å². The second-order valence-electron chi connectivity index (χ2n) is 6.30. The number of aryl methyl sites for hydroxylation is 1. The van der Waals surface area contributed by atoms with Gasteiger partial charge in [0.15, 0.2) is 5.78 Å². The fraction of sp³-hybridized carbons (Fsp3) is 0.350. The molecule has 0 radical (unpaired) electrons. The number of nitrogens with one attached hydrogen (secondary N) is 1. The Kier molecular flexibility index (Phi) is 6.05. The molecule has 7 nitrogen and oxygen atoms in total. The highest BCUT2D eigenvalue weighted by Crippen LogP contribution is 2.22. The van der Waals surface area contributed by atoms with Crippen LogP contribution in [0, 0.1) is 13.8 Å². The van der Waals surface area contributed by atoms with Crippen LogP contribution >= 0.6 is 0 Å². The largest absolute Gasteiger partial charge is 0.497 e. The van der Waals surface area contributed by atoms with E-state index in [1.54, 1.807) is 59.2 Å². The zero-order valence-corrected chi connectivity index (χ0v) is 16.4. The van der Waals surface area contributed by atoms with E-state index in [0.717, 1.165) is 0 Å². The molecule has 1 aromatic carbocycles. The molecule has 27 heavy (non-hydrogen) atoms. The summed E-state index contributed by atoms with van der Waals surface area (Å²) in [6.45, 7) is 5.05. The van der Waals surface area contributed by atoms with Crippen molar-refractivity contribution in [2.45, 2.75) is 26.8 Å². The average molecular weight is 372 g/mol. The van der Waals surface area contributed by atoms with Crippen LogP contribution in [0.3, 0.4) is 0 Å². The molecule has 1 N–H and O–H groups in total. The van der Waals surface area contributed by atoms with Crippen LogP contribution < -0.4 is 4.74 Å². The summed E-state index contributed by atoms with van der Waals surface area (Å²) in [7, 11) is 4.41. The average Bonchev–Trinajstić information content (AvgIpc) is 2.99. The summed E-state index contributed by atoms with van der Waals surface area (Å²) in [5, 5.41) is 0. The Bertz CT molecular complexity index is 867. The maximum Gasteiger partial charge on any atom is 0.354 e. The first-order chi connectivity index (χ1) is 12.7.